The molecule has 0 radical (unpaired) electrons. The Balaban J connectivity index is 0.000000720. The van der Waals surface area contributed by atoms with Gasteiger partial charge in [0, 0.05) is 0 Å². The Bertz CT molecular complexity index is 1800. The summed E-state index contributed by atoms with van der Waals surface area (Å²) in [7, 11) is -72.2. The molecule has 0 heterocycles. The Morgan fingerprint density at radius 2 is 0.181 bits per heavy atom. The zero-order valence-corrected chi connectivity index (χ0v) is 43.6. The van der Waals surface area contributed by atoms with Gasteiger partial charge in [-0.25, -0.2) is 54.8 Å². The van der Waals surface area contributed by atoms with Gasteiger partial charge in [0.15, 0.2) is 0 Å². The second kappa shape index (κ2) is 25.0. The van der Waals surface area contributed by atoms with Crippen molar-refractivity contribution in [3.05, 3.63) is 0 Å². The lowest BCUT2D eigenvalue weighted by atomic mass is 9.85. The molecule has 0 spiro atoms. The normalized spacial score (nSPS) is 29.3. The fourth-order valence-electron chi connectivity index (χ4n) is 5.59. The van der Waals surface area contributed by atoms with E-state index < -0.39 is 167 Å². The van der Waals surface area contributed by atoms with Crippen LogP contribution >= 0.6 is 93.9 Å². The fourth-order valence-corrected chi connectivity index (χ4v) is 12.3. The average molecular weight is 1320 g/mol. The third kappa shape index (κ3) is 29.5. The van der Waals surface area contributed by atoms with E-state index in [-0.39, 0.29) is 0 Å². The lowest BCUT2D eigenvalue weighted by Crippen LogP contribution is -2.66. The average Bonchev–Trinajstić information content (AvgIpc) is 3.01. The van der Waals surface area contributed by atoms with Crippen molar-refractivity contribution >= 4 is 93.9 Å². The third-order valence-corrected chi connectivity index (χ3v) is 13.2. The first kappa shape index (κ1) is 71.3. The monoisotopic (exact) mass is 1320 g/mol. The number of hydrogen-bond acceptors (Lipinski definition) is 24. The van der Waals surface area contributed by atoms with Gasteiger partial charge in [0.25, 0.3) is 0 Å². The molecule has 2 aliphatic rings. The predicted molar refractivity (Wildman–Crippen MR) is 203 cm³/mol. The molecule has 2 saturated carbocycles. The second-order valence-corrected chi connectivity index (χ2v) is 27.0. The maximum Gasteiger partial charge on any atom is 0.470 e. The van der Waals surface area contributed by atoms with Crippen molar-refractivity contribution in [2.75, 3.05) is 0 Å². The van der Waals surface area contributed by atoms with E-state index in [0.29, 0.717) is 0 Å². The summed E-state index contributed by atoms with van der Waals surface area (Å²) >= 11 is 0. The fraction of sp³-hybridized carbons (Fsp3) is 1.00. The standard InChI is InChI=1S/2C6H18O24P6/c2*7-31(8,9)25-1-2(26-32(10,11)12)4(28-34(16,17)18)6(30-36(22,23)24)5(29-35(19,20)21)3(1)27-33(13,14)15/h2*1-6H,(H2,7,8,9)(H2,10,11,12)(H2,13,14,15)(H2,16,17,18)(H2,19,20,21)(H2,22,23,24)/t2*1-,2-,3-,4+,5-,6-. The molecule has 0 aromatic heterocycles. The molecule has 24 N–H and O–H groups in total. The topological polar surface area (TPSA) is 801 Å². The molecule has 0 bridgehead atoms. The second-order valence-electron chi connectivity index (χ2n) is 12.7. The van der Waals surface area contributed by atoms with Crippen LogP contribution in [0.4, 0.5) is 0 Å². The summed E-state index contributed by atoms with van der Waals surface area (Å²) in [6, 6.07) is 0. The highest BCUT2D eigenvalue weighted by molar-refractivity contribution is 7.49. The first-order valence-electron chi connectivity index (χ1n) is 16.0. The molecule has 2 rings (SSSR count). The molecule has 2 aliphatic carbocycles. The molecule has 72 heavy (non-hydrogen) atoms. The van der Waals surface area contributed by atoms with Gasteiger partial charge < -0.3 is 117 Å². The van der Waals surface area contributed by atoms with Crippen LogP contribution in [-0.4, -0.2) is 191 Å². The van der Waals surface area contributed by atoms with Gasteiger partial charge in [-0.05, 0) is 0 Å². The first-order chi connectivity index (χ1) is 31.1. The lowest BCUT2D eigenvalue weighted by molar-refractivity contribution is -0.202. The van der Waals surface area contributed by atoms with Gasteiger partial charge in [-0.15, -0.1) is 0 Å². The van der Waals surface area contributed by atoms with Crippen LogP contribution in [0.5, 0.6) is 0 Å². The third-order valence-electron chi connectivity index (χ3n) is 6.99. The van der Waals surface area contributed by atoms with Gasteiger partial charge in [0.2, 0.25) is 0 Å². The molecule has 0 atom stereocenters. The van der Waals surface area contributed by atoms with Gasteiger partial charge >= 0.3 is 93.9 Å². The molecule has 0 aliphatic heterocycles. The van der Waals surface area contributed by atoms with Gasteiger partial charge in [-0.2, -0.15) is 0 Å². The van der Waals surface area contributed by atoms with Crippen LogP contribution in [0.1, 0.15) is 0 Å². The summed E-state index contributed by atoms with van der Waals surface area (Å²) in [6.07, 6.45) is -37.7. The van der Waals surface area contributed by atoms with E-state index in [0.717, 1.165) is 0 Å². The highest BCUT2D eigenvalue weighted by Crippen LogP contribution is 2.60. The van der Waals surface area contributed by atoms with Gasteiger partial charge in [0.05, 0.1) is 0 Å². The van der Waals surface area contributed by atoms with Crippen molar-refractivity contribution in [3.63, 3.8) is 0 Å². The smallest absolute Gasteiger partial charge is 0.303 e. The Morgan fingerprint density at radius 3 is 0.208 bits per heavy atom. The number of rotatable bonds is 24. The molecule has 0 aromatic rings. The summed E-state index contributed by atoms with van der Waals surface area (Å²) < 4.78 is 186. The highest BCUT2D eigenvalue weighted by Gasteiger charge is 2.64. The van der Waals surface area contributed by atoms with Crippen LogP contribution < -0.4 is 0 Å². The van der Waals surface area contributed by atoms with E-state index in [1.54, 1.807) is 0 Å². The van der Waals surface area contributed by atoms with Gasteiger partial charge in [-0.1, -0.05) is 0 Å². The zero-order chi connectivity index (χ0) is 57.4. The highest BCUT2D eigenvalue weighted by atomic mass is 31.2. The molecule has 60 heteroatoms. The molecule has 0 aromatic carbocycles. The Labute approximate surface area is 393 Å². The van der Waals surface area contributed by atoms with Crippen LogP contribution in [0, 0.1) is 0 Å². The number of phosphoric acid groups is 12. The largest absolute Gasteiger partial charge is 0.470 e. The maximum atomic E-state index is 11.4. The summed E-state index contributed by atoms with van der Waals surface area (Å²) in [5.74, 6) is 0. The SMILES string of the molecule is O=P(O)(O)O[C@H]1[C@H](OP(=O)(O)O)[C@@H](OP(=O)(O)O)[C@H](OP(=O)(O)O)[C@@H](OP(=O)(O)O)[C@H]1OP(=O)(O)O.O=P(O)(O)O[C@H]1[C@H](OP(=O)(O)O)[C@@H](OP(=O)(O)O)[C@H](OP(=O)(O)O)[C@@H](OP(=O)(O)O)[C@H]1OP(=O)(O)O. The number of phosphoric ester groups is 12. The van der Waals surface area contributed by atoms with Crippen molar-refractivity contribution in [2.24, 2.45) is 0 Å². The van der Waals surface area contributed by atoms with E-state index in [1.807, 2.05) is 0 Å². The molecule has 432 valence electrons. The van der Waals surface area contributed by atoms with Crippen molar-refractivity contribution in [1.29, 1.82) is 0 Å². The van der Waals surface area contributed by atoms with Crippen molar-refractivity contribution in [3.8, 4) is 0 Å². The van der Waals surface area contributed by atoms with Crippen molar-refractivity contribution < 1.29 is 227 Å². The molecule has 0 unspecified atom stereocenters. The van der Waals surface area contributed by atoms with E-state index in [2.05, 4.69) is 54.3 Å². The minimum atomic E-state index is -6.02. The van der Waals surface area contributed by atoms with E-state index in [4.69, 9.17) is 117 Å². The van der Waals surface area contributed by atoms with Crippen LogP contribution in [-0.2, 0) is 109 Å². The Kier molecular flexibility index (Phi) is 24.8. The van der Waals surface area contributed by atoms with Crippen molar-refractivity contribution in [1.82, 2.24) is 0 Å². The van der Waals surface area contributed by atoms with Crippen LogP contribution in [0.15, 0.2) is 0 Å². The minimum Gasteiger partial charge on any atom is -0.303 e. The number of hydrogen-bond donors (Lipinski definition) is 24. The van der Waals surface area contributed by atoms with Crippen LogP contribution in [0.3, 0.4) is 0 Å². The molecule has 0 amide bonds. The van der Waals surface area contributed by atoms with E-state index in [1.165, 1.54) is 0 Å². The van der Waals surface area contributed by atoms with Crippen molar-refractivity contribution in [2.45, 2.75) is 73.2 Å². The molecule has 2 fully saturated rings. The molecule has 48 nitrogen and oxygen atoms in total. The zero-order valence-electron chi connectivity index (χ0n) is 32.8. The summed E-state index contributed by atoms with van der Waals surface area (Å²) in [5.41, 5.74) is 0. The molecule has 0 saturated heterocycles. The summed E-state index contributed by atoms with van der Waals surface area (Å²) in [5, 5.41) is 0. The minimum absolute atomic E-state index is 3.14. The summed E-state index contributed by atoms with van der Waals surface area (Å²) in [4.78, 5) is 219. The predicted octanol–water partition coefficient (Wildman–Crippen LogP) is -6.27. The quantitative estimate of drug-likeness (QED) is 0.0400. The van der Waals surface area contributed by atoms with E-state index >= 15 is 0 Å². The van der Waals surface area contributed by atoms with Crippen LogP contribution in [0.2, 0.25) is 0 Å². The Hall–Kier alpha value is 1.32. The Morgan fingerprint density at radius 1 is 0.139 bits per heavy atom. The van der Waals surface area contributed by atoms with Crippen LogP contribution in [0.25, 0.3) is 0 Å². The summed E-state index contributed by atoms with van der Waals surface area (Å²) in [6.45, 7) is 0. The maximum absolute atomic E-state index is 11.4. The lowest BCUT2D eigenvalue weighted by Gasteiger charge is -2.48. The van der Waals surface area contributed by atoms with E-state index in [9.17, 15) is 54.8 Å². The van der Waals surface area contributed by atoms with Gasteiger partial charge in [0.1, 0.15) is 73.2 Å². The first-order valence-corrected chi connectivity index (χ1v) is 34.4. The van der Waals surface area contributed by atoms with Gasteiger partial charge in [-0.3, -0.25) is 54.3 Å². The molecular formula is C12H36O48P12. The molecular weight excluding hydrogens is 1280 g/mol.